The van der Waals surface area contributed by atoms with E-state index in [0.29, 0.717) is 36.6 Å². The van der Waals surface area contributed by atoms with E-state index in [1.807, 2.05) is 0 Å². The van der Waals surface area contributed by atoms with Gasteiger partial charge in [0.2, 0.25) is 5.91 Å². The molecule has 2 heterocycles. The first-order chi connectivity index (χ1) is 8.76. The normalized spacial score (nSPS) is 22.8. The standard InChI is InChI=1S/C12H19N5O2/c1-7-8(13)9(16(3)15-7)10(18)17-5-4-12(2,6-17)11(14)19/h4-6,13H2,1-3H3,(H2,14,19). The smallest absolute Gasteiger partial charge is 0.274 e. The lowest BCUT2D eigenvalue weighted by Gasteiger charge is -2.21. The van der Waals surface area contributed by atoms with Crippen molar-refractivity contribution in [3.05, 3.63) is 11.4 Å². The number of aromatic nitrogens is 2. The van der Waals surface area contributed by atoms with Gasteiger partial charge in [0.05, 0.1) is 16.8 Å². The summed E-state index contributed by atoms with van der Waals surface area (Å²) in [5.41, 5.74) is 12.0. The highest BCUT2D eigenvalue weighted by molar-refractivity contribution is 5.98. The van der Waals surface area contributed by atoms with Gasteiger partial charge in [0.1, 0.15) is 5.69 Å². The largest absolute Gasteiger partial charge is 0.395 e. The van der Waals surface area contributed by atoms with Gasteiger partial charge in [-0.05, 0) is 20.3 Å². The number of carbonyl (C=O) groups excluding carboxylic acids is 2. The fourth-order valence-corrected chi connectivity index (χ4v) is 2.41. The van der Waals surface area contributed by atoms with E-state index in [2.05, 4.69) is 5.10 Å². The third-order valence-corrected chi connectivity index (χ3v) is 3.83. The second kappa shape index (κ2) is 4.25. The maximum absolute atomic E-state index is 12.4. The number of aryl methyl sites for hydroxylation is 2. The van der Waals surface area contributed by atoms with Crippen molar-refractivity contribution in [3.63, 3.8) is 0 Å². The quantitative estimate of drug-likeness (QED) is 0.761. The minimum Gasteiger partial charge on any atom is -0.395 e. The molecule has 4 N–H and O–H groups in total. The molecular weight excluding hydrogens is 246 g/mol. The number of amides is 2. The second-order valence-corrected chi connectivity index (χ2v) is 5.37. The molecule has 1 aliphatic heterocycles. The van der Waals surface area contributed by atoms with E-state index in [9.17, 15) is 9.59 Å². The van der Waals surface area contributed by atoms with Crippen LogP contribution in [-0.4, -0.2) is 39.6 Å². The summed E-state index contributed by atoms with van der Waals surface area (Å²) in [5.74, 6) is -0.581. The SMILES string of the molecule is Cc1nn(C)c(C(=O)N2CCC(C)(C(N)=O)C2)c1N. The van der Waals surface area contributed by atoms with Crippen LogP contribution >= 0.6 is 0 Å². The van der Waals surface area contributed by atoms with Crippen molar-refractivity contribution in [3.8, 4) is 0 Å². The summed E-state index contributed by atoms with van der Waals surface area (Å²) in [4.78, 5) is 25.5. The number of primary amides is 1. The zero-order valence-electron chi connectivity index (χ0n) is 11.4. The highest BCUT2D eigenvalue weighted by Crippen LogP contribution is 2.31. The summed E-state index contributed by atoms with van der Waals surface area (Å²) in [7, 11) is 1.68. The second-order valence-electron chi connectivity index (χ2n) is 5.37. The Bertz CT molecular complexity index is 551. The van der Waals surface area contributed by atoms with Crippen LogP contribution in [0, 0.1) is 12.3 Å². The average Bonchev–Trinajstić information content (AvgIpc) is 2.83. The molecule has 0 aromatic carbocycles. The Labute approximate surface area is 111 Å². The number of carbonyl (C=O) groups is 2. The molecule has 7 heteroatoms. The predicted molar refractivity (Wildman–Crippen MR) is 70.2 cm³/mol. The van der Waals surface area contributed by atoms with E-state index < -0.39 is 5.41 Å². The molecule has 19 heavy (non-hydrogen) atoms. The molecule has 0 aliphatic carbocycles. The highest BCUT2D eigenvalue weighted by atomic mass is 16.2. The zero-order valence-corrected chi connectivity index (χ0v) is 11.4. The summed E-state index contributed by atoms with van der Waals surface area (Å²) < 4.78 is 1.48. The molecule has 1 fully saturated rings. The molecule has 2 amide bonds. The number of nitrogen functional groups attached to an aromatic ring is 1. The van der Waals surface area contributed by atoms with Crippen molar-refractivity contribution in [1.82, 2.24) is 14.7 Å². The van der Waals surface area contributed by atoms with Gasteiger partial charge in [-0.25, -0.2) is 0 Å². The Hall–Kier alpha value is -2.05. The van der Waals surface area contributed by atoms with Crippen LogP contribution < -0.4 is 11.5 Å². The number of anilines is 1. The number of nitrogens with zero attached hydrogens (tertiary/aromatic N) is 3. The summed E-state index contributed by atoms with van der Waals surface area (Å²) in [6.07, 6.45) is 0.574. The van der Waals surface area contributed by atoms with Crippen LogP contribution in [0.1, 0.15) is 29.5 Å². The van der Waals surface area contributed by atoms with Crippen LogP contribution in [0.5, 0.6) is 0 Å². The molecule has 1 saturated heterocycles. The van der Waals surface area contributed by atoms with Crippen molar-refractivity contribution in [2.24, 2.45) is 18.2 Å². The van der Waals surface area contributed by atoms with E-state index in [0.717, 1.165) is 0 Å². The molecule has 0 radical (unpaired) electrons. The van der Waals surface area contributed by atoms with Crippen LogP contribution in [0.3, 0.4) is 0 Å². The Balaban J connectivity index is 2.25. The molecule has 1 aromatic rings. The third kappa shape index (κ3) is 2.05. The molecule has 0 spiro atoms. The van der Waals surface area contributed by atoms with Crippen molar-refractivity contribution in [2.45, 2.75) is 20.3 Å². The van der Waals surface area contributed by atoms with Crippen LogP contribution in [0.4, 0.5) is 5.69 Å². The summed E-state index contributed by atoms with van der Waals surface area (Å²) >= 11 is 0. The fourth-order valence-electron chi connectivity index (χ4n) is 2.41. The molecule has 0 saturated carbocycles. The van der Waals surface area contributed by atoms with Gasteiger partial charge in [0.15, 0.2) is 0 Å². The molecule has 7 nitrogen and oxygen atoms in total. The molecular formula is C12H19N5O2. The van der Waals surface area contributed by atoms with Crippen molar-refractivity contribution in [2.75, 3.05) is 18.8 Å². The molecule has 1 aliphatic rings. The number of hydrogen-bond acceptors (Lipinski definition) is 4. The van der Waals surface area contributed by atoms with Gasteiger partial charge in [-0.15, -0.1) is 0 Å². The molecule has 1 aromatic heterocycles. The van der Waals surface area contributed by atoms with E-state index >= 15 is 0 Å². The van der Waals surface area contributed by atoms with E-state index in [-0.39, 0.29) is 11.8 Å². The Morgan fingerprint density at radius 2 is 2.05 bits per heavy atom. The summed E-state index contributed by atoms with van der Waals surface area (Å²) in [6.45, 7) is 4.36. The molecule has 2 rings (SSSR count). The first-order valence-electron chi connectivity index (χ1n) is 6.14. The van der Waals surface area contributed by atoms with Crippen LogP contribution in [0.2, 0.25) is 0 Å². The zero-order chi connectivity index (χ0) is 14.4. The minimum atomic E-state index is -0.655. The maximum Gasteiger partial charge on any atom is 0.274 e. The topological polar surface area (TPSA) is 107 Å². The molecule has 1 unspecified atom stereocenters. The van der Waals surface area contributed by atoms with Gasteiger partial charge in [-0.3, -0.25) is 14.3 Å². The van der Waals surface area contributed by atoms with Gasteiger partial charge in [0, 0.05) is 20.1 Å². The highest BCUT2D eigenvalue weighted by Gasteiger charge is 2.41. The lowest BCUT2D eigenvalue weighted by Crippen LogP contribution is -2.39. The first-order valence-corrected chi connectivity index (χ1v) is 6.14. The average molecular weight is 265 g/mol. The molecule has 0 bridgehead atoms. The minimum absolute atomic E-state index is 0.203. The summed E-state index contributed by atoms with van der Waals surface area (Å²) in [6, 6.07) is 0. The van der Waals surface area contributed by atoms with Crippen molar-refractivity contribution in [1.29, 1.82) is 0 Å². The maximum atomic E-state index is 12.4. The fraction of sp³-hybridized carbons (Fsp3) is 0.583. The number of likely N-dealkylation sites (tertiary alicyclic amines) is 1. The number of nitrogens with two attached hydrogens (primary N) is 2. The van der Waals surface area contributed by atoms with E-state index in [4.69, 9.17) is 11.5 Å². The Morgan fingerprint density at radius 3 is 2.47 bits per heavy atom. The van der Waals surface area contributed by atoms with Crippen LogP contribution in [0.15, 0.2) is 0 Å². The van der Waals surface area contributed by atoms with E-state index in [1.165, 1.54) is 4.68 Å². The lowest BCUT2D eigenvalue weighted by atomic mass is 9.89. The summed E-state index contributed by atoms with van der Waals surface area (Å²) in [5, 5.41) is 4.13. The van der Waals surface area contributed by atoms with Crippen LogP contribution in [0.25, 0.3) is 0 Å². The lowest BCUT2D eigenvalue weighted by molar-refractivity contribution is -0.126. The van der Waals surface area contributed by atoms with Gasteiger partial charge in [-0.2, -0.15) is 5.10 Å². The first kappa shape index (κ1) is 13.4. The molecule has 104 valence electrons. The van der Waals surface area contributed by atoms with Crippen molar-refractivity contribution < 1.29 is 9.59 Å². The van der Waals surface area contributed by atoms with Gasteiger partial charge in [0.25, 0.3) is 5.91 Å². The third-order valence-electron chi connectivity index (χ3n) is 3.83. The van der Waals surface area contributed by atoms with E-state index in [1.54, 1.807) is 25.8 Å². The number of rotatable bonds is 2. The van der Waals surface area contributed by atoms with Gasteiger partial charge < -0.3 is 16.4 Å². The van der Waals surface area contributed by atoms with Gasteiger partial charge in [-0.1, -0.05) is 0 Å². The van der Waals surface area contributed by atoms with Crippen molar-refractivity contribution >= 4 is 17.5 Å². The monoisotopic (exact) mass is 265 g/mol. The molecule has 1 atom stereocenters. The Morgan fingerprint density at radius 1 is 1.42 bits per heavy atom. The predicted octanol–water partition coefficient (Wildman–Crippen LogP) is -0.352. The van der Waals surface area contributed by atoms with Crippen LogP contribution in [-0.2, 0) is 11.8 Å². The Kier molecular flexibility index (Phi) is 3.00. The van der Waals surface area contributed by atoms with Gasteiger partial charge >= 0.3 is 0 Å². The number of hydrogen-bond donors (Lipinski definition) is 2.